The van der Waals surface area contributed by atoms with Crippen LogP contribution in [0.2, 0.25) is 0 Å². The van der Waals surface area contributed by atoms with Crippen molar-refractivity contribution in [1.82, 2.24) is 34.6 Å². The zero-order chi connectivity index (χ0) is 40.7. The third kappa shape index (κ3) is 8.10. The topological polar surface area (TPSA) is 190 Å². The average molecular weight is 824 g/mol. The molecule has 3 aliphatic carbocycles. The first-order valence-electron chi connectivity index (χ1n) is 20.9. The molecule has 2 aliphatic heterocycles. The quantitative estimate of drug-likeness (QED) is 0.205. The number of ether oxygens (including phenoxy) is 2. The van der Waals surface area contributed by atoms with Gasteiger partial charge in [0.1, 0.15) is 29.8 Å². The second-order valence-corrected chi connectivity index (χ2v) is 18.5. The van der Waals surface area contributed by atoms with E-state index in [0.717, 1.165) is 49.6 Å². The van der Waals surface area contributed by atoms with Crippen LogP contribution in [0.3, 0.4) is 0 Å². The molecule has 310 valence electrons. The summed E-state index contributed by atoms with van der Waals surface area (Å²) in [5, 5.41) is 5.14. The first-order valence-corrected chi connectivity index (χ1v) is 22.5. The number of sulfonamides is 1. The molecule has 2 aromatic heterocycles. The smallest absolute Gasteiger partial charge is 0.408 e. The lowest BCUT2D eigenvalue weighted by Crippen LogP contribution is -2.58. The summed E-state index contributed by atoms with van der Waals surface area (Å²) in [6, 6.07) is 16.9. The van der Waals surface area contributed by atoms with E-state index in [9.17, 15) is 27.6 Å². The number of benzene rings is 2. The second-order valence-electron chi connectivity index (χ2n) is 16.6. The van der Waals surface area contributed by atoms with Crippen LogP contribution in [-0.2, 0) is 29.1 Å². The number of allylic oxidation sites excluding steroid dienone is 1. The van der Waals surface area contributed by atoms with Crippen molar-refractivity contribution in [3.05, 3.63) is 72.8 Å². The highest BCUT2D eigenvalue weighted by Gasteiger charge is 2.62. The largest absolute Gasteiger partial charge is 0.473 e. The summed E-state index contributed by atoms with van der Waals surface area (Å²) in [6.07, 6.45) is 10.2. The number of hydrogen-bond acceptors (Lipinski definition) is 10. The summed E-state index contributed by atoms with van der Waals surface area (Å²) < 4.78 is 42.5. The molecule has 9 rings (SSSR count). The normalized spacial score (nSPS) is 27.2. The third-order valence-electron chi connectivity index (χ3n) is 12.3. The number of fused-ring (bicyclic) bond motifs is 5. The molecule has 16 heteroatoms. The molecular formula is C43H49N7O8S. The molecule has 4 amide bonds. The van der Waals surface area contributed by atoms with Crippen LogP contribution < -0.4 is 20.1 Å². The van der Waals surface area contributed by atoms with Gasteiger partial charge in [0.15, 0.2) is 0 Å². The Morgan fingerprint density at radius 1 is 0.881 bits per heavy atom. The van der Waals surface area contributed by atoms with E-state index in [1.165, 1.54) is 4.90 Å². The van der Waals surface area contributed by atoms with E-state index in [1.54, 1.807) is 0 Å². The molecule has 3 saturated carbocycles. The van der Waals surface area contributed by atoms with Crippen molar-refractivity contribution in [2.45, 2.75) is 119 Å². The number of rotatable bonds is 8. The number of nitrogens with zero attached hydrogens (tertiary/aromatic N) is 4. The number of aromatic nitrogens is 3. The summed E-state index contributed by atoms with van der Waals surface area (Å²) in [6.45, 7) is -0.0114. The predicted molar refractivity (Wildman–Crippen MR) is 217 cm³/mol. The van der Waals surface area contributed by atoms with E-state index in [0.29, 0.717) is 55.0 Å². The highest BCUT2D eigenvalue weighted by molar-refractivity contribution is 7.91. The van der Waals surface area contributed by atoms with Crippen LogP contribution in [-0.4, -0.2) is 93.1 Å². The van der Waals surface area contributed by atoms with Gasteiger partial charge in [-0.2, -0.15) is 0 Å². The molecule has 4 heterocycles. The Morgan fingerprint density at radius 2 is 1.64 bits per heavy atom. The maximum atomic E-state index is 14.8. The van der Waals surface area contributed by atoms with Gasteiger partial charge in [-0.1, -0.05) is 67.5 Å². The molecule has 5 aliphatic rings. The van der Waals surface area contributed by atoms with Gasteiger partial charge in [0.05, 0.1) is 28.5 Å². The van der Waals surface area contributed by atoms with Gasteiger partial charge in [0.25, 0.3) is 5.91 Å². The molecule has 15 nitrogen and oxygen atoms in total. The van der Waals surface area contributed by atoms with Crippen molar-refractivity contribution >= 4 is 50.6 Å². The van der Waals surface area contributed by atoms with Gasteiger partial charge in [-0.15, -0.1) is 0 Å². The minimum absolute atomic E-state index is 0.0114. The Kier molecular flexibility index (Phi) is 10.5. The Morgan fingerprint density at radius 3 is 2.44 bits per heavy atom. The summed E-state index contributed by atoms with van der Waals surface area (Å²) in [5.41, 5.74) is 1.43. The minimum Gasteiger partial charge on any atom is -0.473 e. The van der Waals surface area contributed by atoms with Crippen LogP contribution in [0.1, 0.15) is 83.5 Å². The summed E-state index contributed by atoms with van der Waals surface area (Å²) in [4.78, 5) is 67.6. The molecule has 2 aromatic carbocycles. The van der Waals surface area contributed by atoms with E-state index in [4.69, 9.17) is 19.4 Å². The van der Waals surface area contributed by atoms with Crippen molar-refractivity contribution in [3.8, 4) is 17.1 Å². The molecule has 1 unspecified atom stereocenters. The summed E-state index contributed by atoms with van der Waals surface area (Å²) in [5.74, 6) is -1.47. The Labute approximate surface area is 342 Å². The number of hydrogen-bond donors (Lipinski definition) is 3. The minimum atomic E-state index is -3.90. The first kappa shape index (κ1) is 39.0. The van der Waals surface area contributed by atoms with Gasteiger partial charge in [-0.3, -0.25) is 19.1 Å². The van der Waals surface area contributed by atoms with Gasteiger partial charge < -0.3 is 25.0 Å². The number of imidazole rings is 1. The molecular weight excluding hydrogens is 775 g/mol. The number of carbonyl (C=O) groups is 4. The molecule has 0 radical (unpaired) electrons. The molecule has 4 fully saturated rings. The molecule has 5 atom stereocenters. The maximum absolute atomic E-state index is 14.8. The average Bonchev–Trinajstić information content (AvgIpc) is 4.03. The van der Waals surface area contributed by atoms with Gasteiger partial charge in [-0.05, 0) is 76.3 Å². The predicted octanol–water partition coefficient (Wildman–Crippen LogP) is 4.94. The monoisotopic (exact) mass is 823 g/mol. The zero-order valence-electron chi connectivity index (χ0n) is 32.8. The fourth-order valence-electron chi connectivity index (χ4n) is 8.82. The molecule has 59 heavy (non-hydrogen) atoms. The highest BCUT2D eigenvalue weighted by Crippen LogP contribution is 2.46. The summed E-state index contributed by atoms with van der Waals surface area (Å²) in [7, 11) is -3.90. The van der Waals surface area contributed by atoms with Crippen LogP contribution in [0, 0.1) is 5.92 Å². The van der Waals surface area contributed by atoms with E-state index in [-0.39, 0.29) is 25.5 Å². The maximum Gasteiger partial charge on any atom is 0.408 e. The molecule has 1 saturated heterocycles. The number of amides is 4. The zero-order valence-corrected chi connectivity index (χ0v) is 33.6. The van der Waals surface area contributed by atoms with E-state index < -0.39 is 68.7 Å². The fourth-order valence-corrected chi connectivity index (χ4v) is 10.2. The van der Waals surface area contributed by atoms with Crippen molar-refractivity contribution in [3.63, 3.8) is 0 Å². The molecule has 4 aromatic rings. The van der Waals surface area contributed by atoms with E-state index in [2.05, 4.69) is 15.4 Å². The van der Waals surface area contributed by atoms with Crippen LogP contribution >= 0.6 is 0 Å². The number of para-hydroxylation sites is 2. The lowest BCUT2D eigenvalue weighted by molar-refractivity contribution is -0.141. The first-order chi connectivity index (χ1) is 28.6. The lowest BCUT2D eigenvalue weighted by atomic mass is 10.0. The number of nitrogens with one attached hydrogen (secondary N) is 3. The Bertz CT molecular complexity index is 2410. The molecule has 0 bridgehead atoms. The molecule has 0 spiro atoms. The van der Waals surface area contributed by atoms with Crippen LogP contribution in [0.15, 0.2) is 72.8 Å². The number of alkyl carbamates (subject to hydrolysis) is 1. The highest BCUT2D eigenvalue weighted by atomic mass is 32.2. The summed E-state index contributed by atoms with van der Waals surface area (Å²) >= 11 is 0. The fraction of sp³-hybridized carbons (Fsp3) is 0.488. The lowest BCUT2D eigenvalue weighted by Gasteiger charge is -2.30. The SMILES string of the molecule is O=C(N[C@H]1CCCCC/C=C\C2C[C@@]2(C(=O)NS(=O)(=O)C2CC2)NC(=O)[C@@H]2C[C@@H](Oc3cc(-c4ccccc4)nc4nc5ccccc5n34)CN2C1=O)OC1CCCC1. The van der Waals surface area contributed by atoms with Gasteiger partial charge >= 0.3 is 6.09 Å². The van der Waals surface area contributed by atoms with Crippen LogP contribution in [0.25, 0.3) is 28.1 Å². The van der Waals surface area contributed by atoms with Crippen molar-refractivity contribution in [2.75, 3.05) is 6.54 Å². The third-order valence-corrected chi connectivity index (χ3v) is 14.1. The Hall–Kier alpha value is -5.51. The van der Waals surface area contributed by atoms with Crippen molar-refractivity contribution < 1.29 is 37.1 Å². The van der Waals surface area contributed by atoms with Gasteiger partial charge in [-0.25, -0.2) is 27.6 Å². The Balaban J connectivity index is 1.05. The van der Waals surface area contributed by atoms with Gasteiger partial charge in [0, 0.05) is 24.0 Å². The number of carbonyl (C=O) groups excluding carboxylic acids is 4. The molecule has 3 N–H and O–H groups in total. The second kappa shape index (κ2) is 15.9. The van der Waals surface area contributed by atoms with E-state index >= 15 is 0 Å². The van der Waals surface area contributed by atoms with Crippen LogP contribution in [0.5, 0.6) is 5.88 Å². The van der Waals surface area contributed by atoms with Crippen LogP contribution in [0.4, 0.5) is 4.79 Å². The van der Waals surface area contributed by atoms with Crippen molar-refractivity contribution in [1.29, 1.82) is 0 Å². The van der Waals surface area contributed by atoms with Gasteiger partial charge in [0.2, 0.25) is 33.5 Å². The van der Waals surface area contributed by atoms with Crippen molar-refractivity contribution in [2.24, 2.45) is 5.92 Å². The standard InChI is InChI=1S/C43H49N7O8S/c51-38-36-23-30(57-37-24-34(27-13-5-4-6-14-27)45-41-44-32-18-11-12-20-35(32)50(37)41)26-49(36)39(52)33(46-42(54)58-29-16-9-10-17-29)19-8-3-1-2-7-15-28-25-43(28,47-38)40(53)48-59(55,56)31-21-22-31/h4-7,11-15,18,20,24,28-31,33,36H,1-3,8-10,16-17,19,21-23,25-26H2,(H,46,54)(H,47,51)(H,48,53)/b15-7-/t28?,30-,33+,36+,43-/m1/s1. The van der Waals surface area contributed by atoms with E-state index in [1.807, 2.05) is 77.2 Å².